The number of nitriles is 1. The van der Waals surface area contributed by atoms with E-state index in [1.165, 1.54) is 0 Å². The predicted molar refractivity (Wildman–Crippen MR) is 81.4 cm³/mol. The van der Waals surface area contributed by atoms with Crippen LogP contribution in [0.15, 0.2) is 24.3 Å². The van der Waals surface area contributed by atoms with Gasteiger partial charge >= 0.3 is 0 Å². The van der Waals surface area contributed by atoms with Gasteiger partial charge in [0, 0.05) is 12.2 Å². The Kier molecular flexibility index (Phi) is 6.75. The summed E-state index contributed by atoms with van der Waals surface area (Å²) in [5, 5.41) is 11.7. The highest BCUT2D eigenvalue weighted by molar-refractivity contribution is 5.92. The molecule has 1 atom stereocenters. The molecule has 20 heavy (non-hydrogen) atoms. The van der Waals surface area contributed by atoms with Crippen LogP contribution in [-0.4, -0.2) is 30.4 Å². The lowest BCUT2D eigenvalue weighted by molar-refractivity contribution is -0.117. The van der Waals surface area contributed by atoms with Crippen LogP contribution in [0, 0.1) is 17.2 Å². The fraction of sp³-hybridized carbons (Fsp3) is 0.500. The van der Waals surface area contributed by atoms with Crippen LogP contribution in [-0.2, 0) is 4.79 Å². The maximum atomic E-state index is 12.0. The third kappa shape index (κ3) is 5.41. The first-order valence-corrected chi connectivity index (χ1v) is 7.11. The molecular formula is C16H23N3O. The molecule has 1 rings (SSSR count). The van der Waals surface area contributed by atoms with E-state index in [9.17, 15) is 4.79 Å². The molecule has 0 spiro atoms. The van der Waals surface area contributed by atoms with Crippen molar-refractivity contribution in [3.63, 3.8) is 0 Å². The molecule has 0 bridgehead atoms. The monoisotopic (exact) mass is 273 g/mol. The molecule has 1 aromatic rings. The van der Waals surface area contributed by atoms with Crippen LogP contribution in [0.3, 0.4) is 0 Å². The SMILES string of the molecule is CCC(C)CN(CC)CC(=O)Nc1cccc(C#N)c1. The van der Waals surface area contributed by atoms with Crippen molar-refractivity contribution in [1.29, 1.82) is 5.26 Å². The average molecular weight is 273 g/mol. The van der Waals surface area contributed by atoms with Crippen molar-refractivity contribution in [3.05, 3.63) is 29.8 Å². The highest BCUT2D eigenvalue weighted by atomic mass is 16.2. The van der Waals surface area contributed by atoms with Gasteiger partial charge in [0.1, 0.15) is 0 Å². The Morgan fingerprint density at radius 1 is 1.45 bits per heavy atom. The van der Waals surface area contributed by atoms with Crippen LogP contribution in [0.1, 0.15) is 32.8 Å². The molecule has 0 aliphatic rings. The first-order chi connectivity index (χ1) is 9.58. The zero-order valence-corrected chi connectivity index (χ0v) is 12.5. The molecule has 1 aromatic carbocycles. The molecule has 0 heterocycles. The molecule has 4 nitrogen and oxygen atoms in total. The van der Waals surface area contributed by atoms with Gasteiger partial charge in [0.25, 0.3) is 0 Å². The van der Waals surface area contributed by atoms with Gasteiger partial charge in [-0.2, -0.15) is 5.26 Å². The average Bonchev–Trinajstić information content (AvgIpc) is 2.46. The number of rotatable bonds is 7. The van der Waals surface area contributed by atoms with E-state index in [0.29, 0.717) is 23.7 Å². The Labute approximate surface area is 121 Å². The van der Waals surface area contributed by atoms with E-state index in [4.69, 9.17) is 5.26 Å². The first-order valence-electron chi connectivity index (χ1n) is 7.11. The van der Waals surface area contributed by atoms with Crippen molar-refractivity contribution in [2.75, 3.05) is 25.0 Å². The fourth-order valence-electron chi connectivity index (χ4n) is 1.95. The number of carbonyl (C=O) groups is 1. The molecule has 1 unspecified atom stereocenters. The lowest BCUT2D eigenvalue weighted by atomic mass is 10.1. The minimum absolute atomic E-state index is 0.0368. The molecule has 108 valence electrons. The summed E-state index contributed by atoms with van der Waals surface area (Å²) < 4.78 is 0. The summed E-state index contributed by atoms with van der Waals surface area (Å²) in [4.78, 5) is 14.2. The van der Waals surface area contributed by atoms with Crippen molar-refractivity contribution < 1.29 is 4.79 Å². The number of anilines is 1. The van der Waals surface area contributed by atoms with Crippen LogP contribution >= 0.6 is 0 Å². The molecule has 0 saturated carbocycles. The second-order valence-electron chi connectivity index (χ2n) is 5.08. The van der Waals surface area contributed by atoms with E-state index in [1.54, 1.807) is 24.3 Å². The molecular weight excluding hydrogens is 250 g/mol. The van der Waals surface area contributed by atoms with Gasteiger partial charge in [0.2, 0.25) is 5.91 Å². The second-order valence-corrected chi connectivity index (χ2v) is 5.08. The minimum atomic E-state index is -0.0368. The summed E-state index contributed by atoms with van der Waals surface area (Å²) in [6, 6.07) is 9.03. The van der Waals surface area contributed by atoms with Gasteiger partial charge in [0.15, 0.2) is 0 Å². The summed E-state index contributed by atoms with van der Waals surface area (Å²) in [5.41, 5.74) is 1.23. The van der Waals surface area contributed by atoms with E-state index in [2.05, 4.69) is 37.1 Å². The van der Waals surface area contributed by atoms with Gasteiger partial charge in [-0.15, -0.1) is 0 Å². The number of benzene rings is 1. The lowest BCUT2D eigenvalue weighted by Gasteiger charge is -2.23. The summed E-state index contributed by atoms with van der Waals surface area (Å²) in [6.07, 6.45) is 1.11. The summed E-state index contributed by atoms with van der Waals surface area (Å²) in [7, 11) is 0. The Hall–Kier alpha value is -1.86. The van der Waals surface area contributed by atoms with Gasteiger partial charge in [-0.3, -0.25) is 9.69 Å². The van der Waals surface area contributed by atoms with E-state index in [-0.39, 0.29) is 5.91 Å². The third-order valence-electron chi connectivity index (χ3n) is 3.36. The number of hydrogen-bond donors (Lipinski definition) is 1. The minimum Gasteiger partial charge on any atom is -0.325 e. The van der Waals surface area contributed by atoms with Gasteiger partial charge < -0.3 is 5.32 Å². The van der Waals surface area contributed by atoms with Crippen LogP contribution in [0.4, 0.5) is 5.69 Å². The standard InChI is InChI=1S/C16H23N3O/c1-4-13(3)11-19(5-2)12-16(20)18-15-8-6-7-14(9-15)10-17/h6-9,13H,4-5,11-12H2,1-3H3,(H,18,20). The van der Waals surface area contributed by atoms with Gasteiger partial charge in [-0.1, -0.05) is 33.3 Å². The van der Waals surface area contributed by atoms with Crippen LogP contribution in [0.2, 0.25) is 0 Å². The highest BCUT2D eigenvalue weighted by Gasteiger charge is 2.12. The molecule has 0 aromatic heterocycles. The summed E-state index contributed by atoms with van der Waals surface area (Å²) in [5.74, 6) is 0.551. The summed E-state index contributed by atoms with van der Waals surface area (Å²) >= 11 is 0. The van der Waals surface area contributed by atoms with E-state index in [1.807, 2.05) is 0 Å². The second kappa shape index (κ2) is 8.34. The van der Waals surface area contributed by atoms with E-state index < -0.39 is 0 Å². The van der Waals surface area contributed by atoms with Crippen LogP contribution < -0.4 is 5.32 Å². The Bertz CT molecular complexity index is 479. The Morgan fingerprint density at radius 3 is 2.80 bits per heavy atom. The van der Waals surface area contributed by atoms with Crippen molar-refractivity contribution in [2.45, 2.75) is 27.2 Å². The maximum Gasteiger partial charge on any atom is 0.238 e. The number of carbonyl (C=O) groups excluding carboxylic acids is 1. The van der Waals surface area contributed by atoms with Gasteiger partial charge in [0.05, 0.1) is 18.2 Å². The van der Waals surface area contributed by atoms with Crippen LogP contribution in [0.5, 0.6) is 0 Å². The quantitative estimate of drug-likeness (QED) is 0.831. The molecule has 0 fully saturated rings. The molecule has 0 aliphatic heterocycles. The van der Waals surface area contributed by atoms with Crippen molar-refractivity contribution in [2.24, 2.45) is 5.92 Å². The number of likely N-dealkylation sites (N-methyl/N-ethyl adjacent to an activating group) is 1. The summed E-state index contributed by atoms with van der Waals surface area (Å²) in [6.45, 7) is 8.58. The number of amides is 1. The normalized spacial score (nSPS) is 11.9. The molecule has 4 heteroatoms. The Morgan fingerprint density at radius 2 is 2.20 bits per heavy atom. The van der Waals surface area contributed by atoms with Crippen molar-refractivity contribution in [3.8, 4) is 6.07 Å². The molecule has 0 aliphatic carbocycles. The highest BCUT2D eigenvalue weighted by Crippen LogP contribution is 2.10. The smallest absolute Gasteiger partial charge is 0.238 e. The third-order valence-corrected chi connectivity index (χ3v) is 3.36. The number of nitrogens with zero attached hydrogens (tertiary/aromatic N) is 2. The first kappa shape index (κ1) is 16.2. The van der Waals surface area contributed by atoms with Gasteiger partial charge in [-0.25, -0.2) is 0 Å². The largest absolute Gasteiger partial charge is 0.325 e. The fourth-order valence-corrected chi connectivity index (χ4v) is 1.95. The lowest BCUT2D eigenvalue weighted by Crippen LogP contribution is -2.36. The zero-order valence-electron chi connectivity index (χ0n) is 12.5. The zero-order chi connectivity index (χ0) is 15.0. The Balaban J connectivity index is 2.55. The molecule has 1 N–H and O–H groups in total. The number of nitrogens with one attached hydrogen (secondary N) is 1. The maximum absolute atomic E-state index is 12.0. The van der Waals surface area contributed by atoms with Crippen molar-refractivity contribution >= 4 is 11.6 Å². The predicted octanol–water partition coefficient (Wildman–Crippen LogP) is 2.86. The van der Waals surface area contributed by atoms with E-state index >= 15 is 0 Å². The van der Waals surface area contributed by atoms with E-state index in [0.717, 1.165) is 19.5 Å². The molecule has 1 amide bonds. The van der Waals surface area contributed by atoms with Gasteiger partial charge in [-0.05, 0) is 30.7 Å². The van der Waals surface area contributed by atoms with Crippen molar-refractivity contribution in [1.82, 2.24) is 4.90 Å². The topological polar surface area (TPSA) is 56.1 Å². The molecule has 0 radical (unpaired) electrons. The van der Waals surface area contributed by atoms with Crippen LogP contribution in [0.25, 0.3) is 0 Å². The molecule has 0 saturated heterocycles. The number of hydrogen-bond acceptors (Lipinski definition) is 3.